The van der Waals surface area contributed by atoms with Gasteiger partial charge in [-0.25, -0.2) is 9.69 Å². The Hall–Kier alpha value is -4.53. The second-order valence-electron chi connectivity index (χ2n) is 8.11. The van der Waals surface area contributed by atoms with E-state index in [0.29, 0.717) is 28.6 Å². The molecule has 9 nitrogen and oxygen atoms in total. The van der Waals surface area contributed by atoms with Crippen LogP contribution in [0.5, 0.6) is 17.2 Å². The van der Waals surface area contributed by atoms with Gasteiger partial charge < -0.3 is 24.4 Å². The third-order valence-electron chi connectivity index (χ3n) is 5.87. The lowest BCUT2D eigenvalue weighted by Gasteiger charge is -2.22. The van der Waals surface area contributed by atoms with Crippen LogP contribution in [-0.2, 0) is 16.1 Å². The third kappa shape index (κ3) is 5.10. The van der Waals surface area contributed by atoms with Crippen LogP contribution in [0.2, 0.25) is 0 Å². The fourth-order valence-corrected chi connectivity index (χ4v) is 4.09. The first-order chi connectivity index (χ1) is 17.4. The number of amides is 4. The Morgan fingerprint density at radius 1 is 0.861 bits per heavy atom. The fraction of sp³-hybridized carbons (Fsp3) is 0.222. The molecule has 0 radical (unpaired) electrons. The number of carbonyl (C=O) groups is 3. The van der Waals surface area contributed by atoms with Crippen LogP contribution in [0.1, 0.15) is 12.0 Å². The van der Waals surface area contributed by atoms with Crippen LogP contribution in [0.3, 0.4) is 0 Å². The summed E-state index contributed by atoms with van der Waals surface area (Å²) in [6.07, 6.45) is -0.201. The summed E-state index contributed by atoms with van der Waals surface area (Å²) in [5.74, 6) is 0.678. The van der Waals surface area contributed by atoms with Gasteiger partial charge in [-0.05, 0) is 42.0 Å². The third-order valence-corrected chi connectivity index (χ3v) is 5.87. The van der Waals surface area contributed by atoms with Crippen LogP contribution in [0.4, 0.5) is 16.2 Å². The van der Waals surface area contributed by atoms with Gasteiger partial charge in [-0.3, -0.25) is 9.59 Å². The second kappa shape index (κ2) is 10.8. The van der Waals surface area contributed by atoms with Crippen molar-refractivity contribution in [2.75, 3.05) is 31.5 Å². The smallest absolute Gasteiger partial charge is 0.332 e. The second-order valence-corrected chi connectivity index (χ2v) is 8.11. The molecule has 3 aromatic rings. The number of anilines is 2. The van der Waals surface area contributed by atoms with E-state index in [1.54, 1.807) is 66.7 Å². The van der Waals surface area contributed by atoms with E-state index in [0.717, 1.165) is 10.5 Å². The molecular formula is C27H27N3O6. The van der Waals surface area contributed by atoms with E-state index in [1.807, 2.05) is 6.07 Å². The van der Waals surface area contributed by atoms with Gasteiger partial charge in [0, 0.05) is 18.3 Å². The Morgan fingerprint density at radius 3 is 2.31 bits per heavy atom. The number of hydrogen-bond acceptors (Lipinski definition) is 6. The summed E-state index contributed by atoms with van der Waals surface area (Å²) >= 11 is 0. The number of nitrogens with zero attached hydrogens (tertiary/aromatic N) is 2. The highest BCUT2D eigenvalue weighted by Crippen LogP contribution is 2.33. The predicted octanol–water partition coefficient (Wildman–Crippen LogP) is 4.08. The zero-order chi connectivity index (χ0) is 25.7. The van der Waals surface area contributed by atoms with Gasteiger partial charge in [0.2, 0.25) is 5.91 Å². The summed E-state index contributed by atoms with van der Waals surface area (Å²) in [5.41, 5.74) is 1.69. The molecule has 1 aliphatic rings. The highest BCUT2D eigenvalue weighted by molar-refractivity contribution is 6.22. The molecule has 1 atom stereocenters. The lowest BCUT2D eigenvalue weighted by Crippen LogP contribution is -2.37. The van der Waals surface area contributed by atoms with Crippen molar-refractivity contribution in [3.8, 4) is 17.2 Å². The van der Waals surface area contributed by atoms with E-state index in [-0.39, 0.29) is 18.9 Å². The standard InChI is InChI=1S/C27H27N3O6/c1-34-21-11-7-10-20(15-21)30-26(32)22(16-25(31)28-19-8-5-4-6-9-19)29(27(30)33)17-18-12-13-23(35-2)24(14-18)36-3/h4-15,22H,16-17H2,1-3H3,(H,28,31)/t22-/m1/s1. The maximum absolute atomic E-state index is 13.6. The number of ether oxygens (including phenoxy) is 3. The molecule has 1 saturated heterocycles. The molecule has 4 rings (SSSR count). The largest absolute Gasteiger partial charge is 0.497 e. The van der Waals surface area contributed by atoms with Crippen LogP contribution in [-0.4, -0.2) is 50.1 Å². The molecule has 0 bridgehead atoms. The van der Waals surface area contributed by atoms with Crippen LogP contribution in [0, 0.1) is 0 Å². The molecular weight excluding hydrogens is 462 g/mol. The first-order valence-corrected chi connectivity index (χ1v) is 11.3. The molecule has 36 heavy (non-hydrogen) atoms. The van der Waals surface area contributed by atoms with Gasteiger partial charge >= 0.3 is 6.03 Å². The van der Waals surface area contributed by atoms with Crippen molar-refractivity contribution in [3.05, 3.63) is 78.4 Å². The van der Waals surface area contributed by atoms with E-state index in [2.05, 4.69) is 5.32 Å². The van der Waals surface area contributed by atoms with Crippen molar-refractivity contribution in [1.82, 2.24) is 4.90 Å². The minimum Gasteiger partial charge on any atom is -0.497 e. The molecule has 0 saturated carbocycles. The Bertz CT molecular complexity index is 1260. The SMILES string of the molecule is COc1cccc(N2C(=O)[C@@H](CC(=O)Nc3ccccc3)N(Cc3ccc(OC)c(OC)c3)C2=O)c1. The van der Waals surface area contributed by atoms with Gasteiger partial charge in [0.1, 0.15) is 11.8 Å². The minimum absolute atomic E-state index is 0.0919. The van der Waals surface area contributed by atoms with E-state index < -0.39 is 18.0 Å². The number of nitrogens with one attached hydrogen (secondary N) is 1. The molecule has 1 fully saturated rings. The highest BCUT2D eigenvalue weighted by Gasteiger charge is 2.46. The maximum atomic E-state index is 13.6. The number of para-hydroxylation sites is 1. The number of methoxy groups -OCH3 is 3. The van der Waals surface area contributed by atoms with E-state index >= 15 is 0 Å². The van der Waals surface area contributed by atoms with Crippen molar-refractivity contribution in [3.63, 3.8) is 0 Å². The Kier molecular flexibility index (Phi) is 7.39. The summed E-state index contributed by atoms with van der Waals surface area (Å²) < 4.78 is 15.9. The normalized spacial score (nSPS) is 15.1. The van der Waals surface area contributed by atoms with Gasteiger partial charge in [-0.2, -0.15) is 0 Å². The van der Waals surface area contributed by atoms with E-state index in [1.165, 1.54) is 26.2 Å². The Morgan fingerprint density at radius 2 is 1.61 bits per heavy atom. The van der Waals surface area contributed by atoms with Gasteiger partial charge in [0.05, 0.1) is 33.4 Å². The molecule has 0 aromatic heterocycles. The zero-order valence-corrected chi connectivity index (χ0v) is 20.3. The number of urea groups is 1. The van der Waals surface area contributed by atoms with E-state index in [9.17, 15) is 14.4 Å². The van der Waals surface area contributed by atoms with Crippen molar-refractivity contribution < 1.29 is 28.6 Å². The average molecular weight is 490 g/mol. The summed E-state index contributed by atoms with van der Waals surface area (Å²) in [5, 5.41) is 2.79. The van der Waals surface area contributed by atoms with Crippen LogP contribution >= 0.6 is 0 Å². The molecule has 1 aliphatic heterocycles. The number of hydrogen-bond donors (Lipinski definition) is 1. The quantitative estimate of drug-likeness (QED) is 0.455. The first-order valence-electron chi connectivity index (χ1n) is 11.3. The molecule has 0 spiro atoms. The maximum Gasteiger partial charge on any atom is 0.332 e. The topological polar surface area (TPSA) is 97.4 Å². The lowest BCUT2D eigenvalue weighted by atomic mass is 10.1. The first kappa shape index (κ1) is 24.6. The van der Waals surface area contributed by atoms with E-state index in [4.69, 9.17) is 14.2 Å². The molecule has 3 aromatic carbocycles. The molecule has 0 unspecified atom stereocenters. The van der Waals surface area contributed by atoms with Gasteiger partial charge in [-0.1, -0.05) is 30.3 Å². The molecule has 186 valence electrons. The number of carbonyl (C=O) groups excluding carboxylic acids is 3. The summed E-state index contributed by atoms with van der Waals surface area (Å²) in [6, 6.07) is 19.4. The van der Waals surface area contributed by atoms with Gasteiger partial charge in [0.25, 0.3) is 5.91 Å². The predicted molar refractivity (Wildman–Crippen MR) is 134 cm³/mol. The Labute approximate surface area is 209 Å². The van der Waals surface area contributed by atoms with Crippen molar-refractivity contribution in [1.29, 1.82) is 0 Å². The zero-order valence-electron chi connectivity index (χ0n) is 20.3. The molecule has 9 heteroatoms. The number of rotatable bonds is 9. The highest BCUT2D eigenvalue weighted by atomic mass is 16.5. The number of imide groups is 1. The van der Waals surface area contributed by atoms with Crippen LogP contribution in [0.15, 0.2) is 72.8 Å². The van der Waals surface area contributed by atoms with Gasteiger partial charge in [-0.15, -0.1) is 0 Å². The molecule has 0 aliphatic carbocycles. The van der Waals surface area contributed by atoms with Crippen LogP contribution in [0.25, 0.3) is 0 Å². The number of benzene rings is 3. The molecule has 4 amide bonds. The van der Waals surface area contributed by atoms with Gasteiger partial charge in [0.15, 0.2) is 11.5 Å². The monoisotopic (exact) mass is 489 g/mol. The lowest BCUT2D eigenvalue weighted by molar-refractivity contribution is -0.124. The minimum atomic E-state index is -1.000. The summed E-state index contributed by atoms with van der Waals surface area (Å²) in [4.78, 5) is 42.4. The molecule has 1 heterocycles. The van der Waals surface area contributed by atoms with Crippen molar-refractivity contribution in [2.24, 2.45) is 0 Å². The summed E-state index contributed by atoms with van der Waals surface area (Å²) in [7, 11) is 4.56. The van der Waals surface area contributed by atoms with Crippen molar-refractivity contribution >= 4 is 29.2 Å². The fourth-order valence-electron chi connectivity index (χ4n) is 4.09. The van der Waals surface area contributed by atoms with Crippen LogP contribution < -0.4 is 24.4 Å². The van der Waals surface area contributed by atoms with Crippen molar-refractivity contribution in [2.45, 2.75) is 19.0 Å². The molecule has 1 N–H and O–H groups in total. The average Bonchev–Trinajstić information content (AvgIpc) is 3.12. The summed E-state index contributed by atoms with van der Waals surface area (Å²) in [6.45, 7) is 0.0919. The Balaban J connectivity index is 1.65.